The summed E-state index contributed by atoms with van der Waals surface area (Å²) < 4.78 is 10.2. The highest BCUT2D eigenvalue weighted by atomic mass is 16.5. The van der Waals surface area contributed by atoms with E-state index >= 15 is 0 Å². The minimum Gasteiger partial charge on any atom is -0.497 e. The number of benzene rings is 2. The Hall–Kier alpha value is -3.06. The van der Waals surface area contributed by atoms with Crippen molar-refractivity contribution in [2.75, 3.05) is 14.2 Å². The zero-order chi connectivity index (χ0) is 19.8. The molecule has 0 heterocycles. The smallest absolute Gasteiger partial charge is 0.261 e. The number of hydrogen-bond acceptors (Lipinski definition) is 5. The van der Waals surface area contributed by atoms with Gasteiger partial charge in [0.15, 0.2) is 0 Å². The summed E-state index contributed by atoms with van der Waals surface area (Å²) in [6.07, 6.45) is 0.532. The van der Waals surface area contributed by atoms with Crippen molar-refractivity contribution >= 4 is 11.8 Å². The van der Waals surface area contributed by atoms with Crippen LogP contribution in [-0.4, -0.2) is 38.1 Å². The third kappa shape index (κ3) is 6.00. The highest BCUT2D eigenvalue weighted by molar-refractivity contribution is 5.89. The van der Waals surface area contributed by atoms with Crippen LogP contribution in [0.5, 0.6) is 11.5 Å². The van der Waals surface area contributed by atoms with Crippen molar-refractivity contribution in [1.29, 1.82) is 0 Å². The van der Waals surface area contributed by atoms with Crippen LogP contribution < -0.4 is 26.3 Å². The second-order valence-electron chi connectivity index (χ2n) is 6.14. The van der Waals surface area contributed by atoms with Crippen molar-refractivity contribution in [2.45, 2.75) is 24.9 Å². The first kappa shape index (κ1) is 20.3. The molecule has 7 nitrogen and oxygen atoms in total. The van der Waals surface area contributed by atoms with Gasteiger partial charge in [-0.1, -0.05) is 24.3 Å². The van der Waals surface area contributed by atoms with Gasteiger partial charge in [0.25, 0.3) is 5.91 Å². The Bertz CT molecular complexity index is 760. The van der Waals surface area contributed by atoms with E-state index in [1.165, 1.54) is 0 Å². The molecule has 2 rings (SSSR count). The van der Waals surface area contributed by atoms with Gasteiger partial charge in [-0.2, -0.15) is 0 Å². The molecule has 27 heavy (non-hydrogen) atoms. The van der Waals surface area contributed by atoms with Gasteiger partial charge in [-0.05, 0) is 41.8 Å². The van der Waals surface area contributed by atoms with Crippen LogP contribution in [0.4, 0.5) is 0 Å². The monoisotopic (exact) mass is 370 g/mol. The molecule has 2 aromatic carbocycles. The lowest BCUT2D eigenvalue weighted by Gasteiger charge is -2.18. The van der Waals surface area contributed by atoms with Crippen molar-refractivity contribution in [3.05, 3.63) is 59.7 Å². The molecule has 0 aromatic heterocycles. The van der Waals surface area contributed by atoms with Crippen LogP contribution >= 0.6 is 0 Å². The van der Waals surface area contributed by atoms with E-state index in [2.05, 4.69) is 5.32 Å². The van der Waals surface area contributed by atoms with Crippen molar-refractivity contribution in [3.8, 4) is 11.5 Å². The van der Waals surface area contributed by atoms with Crippen molar-refractivity contribution in [2.24, 2.45) is 5.73 Å². The average Bonchev–Trinajstić information content (AvgIpc) is 2.68. The SMILES string of the molecule is COc1ccc(CC(N)C(=O)NC(Cc2ccc(OC)cc2)C([NH])=O)cc1. The first-order chi connectivity index (χ1) is 12.9. The van der Waals surface area contributed by atoms with E-state index < -0.39 is 23.9 Å². The number of ether oxygens (including phenoxy) is 2. The van der Waals surface area contributed by atoms with Crippen molar-refractivity contribution in [3.63, 3.8) is 0 Å². The second kappa shape index (κ2) is 9.59. The lowest BCUT2D eigenvalue weighted by Crippen LogP contribution is -2.50. The highest BCUT2D eigenvalue weighted by Crippen LogP contribution is 2.14. The van der Waals surface area contributed by atoms with Crippen LogP contribution in [-0.2, 0) is 22.4 Å². The normalized spacial score (nSPS) is 12.7. The largest absolute Gasteiger partial charge is 0.497 e. The zero-order valence-corrected chi connectivity index (χ0v) is 15.4. The van der Waals surface area contributed by atoms with Gasteiger partial charge in [0, 0.05) is 6.42 Å². The molecule has 2 amide bonds. The van der Waals surface area contributed by atoms with E-state index in [9.17, 15) is 9.59 Å². The first-order valence-corrected chi connectivity index (χ1v) is 8.50. The molecule has 143 valence electrons. The molecular formula is C20H24N3O4. The Balaban J connectivity index is 1.96. The van der Waals surface area contributed by atoms with Crippen molar-refractivity contribution in [1.82, 2.24) is 11.1 Å². The van der Waals surface area contributed by atoms with E-state index in [-0.39, 0.29) is 6.42 Å². The summed E-state index contributed by atoms with van der Waals surface area (Å²) in [7, 11) is 3.14. The minimum atomic E-state index is -0.951. The number of nitrogens with two attached hydrogens (primary N) is 1. The fourth-order valence-electron chi connectivity index (χ4n) is 2.59. The average molecular weight is 370 g/mol. The summed E-state index contributed by atoms with van der Waals surface area (Å²) in [5.74, 6) is 0.0786. The Kier molecular flexibility index (Phi) is 7.19. The number of carbonyl (C=O) groups is 2. The quantitative estimate of drug-likeness (QED) is 0.686. The fraction of sp³-hybridized carbons (Fsp3) is 0.300. The van der Waals surface area contributed by atoms with Crippen LogP contribution in [0.2, 0.25) is 0 Å². The Morgan fingerprint density at radius 2 is 1.37 bits per heavy atom. The van der Waals surface area contributed by atoms with Gasteiger partial charge in [-0.15, -0.1) is 0 Å². The minimum absolute atomic E-state index is 0.216. The maximum Gasteiger partial charge on any atom is 0.261 e. The molecule has 2 unspecified atom stereocenters. The van der Waals surface area contributed by atoms with E-state index in [0.29, 0.717) is 12.2 Å². The number of carbonyl (C=O) groups excluding carboxylic acids is 2. The Morgan fingerprint density at radius 3 is 1.78 bits per heavy atom. The summed E-state index contributed by atoms with van der Waals surface area (Å²) in [6, 6.07) is 12.6. The molecule has 0 aliphatic carbocycles. The molecule has 0 spiro atoms. The topological polar surface area (TPSA) is 114 Å². The summed E-state index contributed by atoms with van der Waals surface area (Å²) in [5.41, 5.74) is 15.1. The molecule has 2 atom stereocenters. The van der Waals surface area contributed by atoms with Gasteiger partial charge in [0.2, 0.25) is 5.91 Å². The summed E-state index contributed by atoms with van der Waals surface area (Å²) in [4.78, 5) is 24.0. The molecule has 0 saturated heterocycles. The maximum atomic E-state index is 12.4. The number of hydrogen-bond donors (Lipinski definition) is 2. The Morgan fingerprint density at radius 1 is 0.926 bits per heavy atom. The van der Waals surface area contributed by atoms with Crippen LogP contribution in [0, 0.1) is 0 Å². The predicted molar refractivity (Wildman–Crippen MR) is 101 cm³/mol. The van der Waals surface area contributed by atoms with E-state index in [4.69, 9.17) is 20.9 Å². The summed E-state index contributed by atoms with van der Waals surface area (Å²) >= 11 is 0. The summed E-state index contributed by atoms with van der Waals surface area (Å²) in [6.45, 7) is 0. The van der Waals surface area contributed by atoms with Gasteiger partial charge >= 0.3 is 0 Å². The number of nitrogens with one attached hydrogen (secondary N) is 2. The lowest BCUT2D eigenvalue weighted by atomic mass is 10.0. The first-order valence-electron chi connectivity index (χ1n) is 8.50. The lowest BCUT2D eigenvalue weighted by molar-refractivity contribution is -0.128. The van der Waals surface area contributed by atoms with Crippen LogP contribution in [0.1, 0.15) is 11.1 Å². The highest BCUT2D eigenvalue weighted by Gasteiger charge is 2.23. The molecule has 4 N–H and O–H groups in total. The molecule has 0 fully saturated rings. The van der Waals surface area contributed by atoms with Gasteiger partial charge in [0.1, 0.15) is 17.5 Å². The predicted octanol–water partition coefficient (Wildman–Crippen LogP) is 1.11. The van der Waals surface area contributed by atoms with E-state index in [1.807, 2.05) is 12.1 Å². The molecular weight excluding hydrogens is 346 g/mol. The maximum absolute atomic E-state index is 12.4. The molecule has 2 aromatic rings. The summed E-state index contributed by atoms with van der Waals surface area (Å²) in [5, 5.41) is 2.58. The molecule has 0 saturated carbocycles. The van der Waals surface area contributed by atoms with Crippen LogP contribution in [0.25, 0.3) is 0 Å². The zero-order valence-electron chi connectivity index (χ0n) is 15.4. The molecule has 7 heteroatoms. The van der Waals surface area contributed by atoms with Crippen LogP contribution in [0.15, 0.2) is 48.5 Å². The molecule has 0 bridgehead atoms. The van der Waals surface area contributed by atoms with E-state index in [1.54, 1.807) is 50.6 Å². The van der Waals surface area contributed by atoms with E-state index in [0.717, 1.165) is 16.9 Å². The molecule has 0 aliphatic heterocycles. The fourth-order valence-corrected chi connectivity index (χ4v) is 2.59. The van der Waals surface area contributed by atoms with Gasteiger partial charge in [-0.25, -0.2) is 0 Å². The van der Waals surface area contributed by atoms with Gasteiger partial charge in [-0.3, -0.25) is 15.3 Å². The third-order valence-electron chi connectivity index (χ3n) is 4.18. The van der Waals surface area contributed by atoms with Crippen molar-refractivity contribution < 1.29 is 19.1 Å². The van der Waals surface area contributed by atoms with Gasteiger partial charge in [0.05, 0.1) is 20.3 Å². The number of methoxy groups -OCH3 is 2. The standard InChI is InChI=1S/C20H24N3O4/c1-26-15-7-3-13(4-8-15)11-17(21)20(25)23-18(19(22)24)12-14-5-9-16(27-2)10-6-14/h3-10,17-18,22H,11-12,21H2,1-2H3,(H,23,25). The number of amides is 2. The molecule has 1 radical (unpaired) electrons. The van der Waals surface area contributed by atoms with Crippen LogP contribution in [0.3, 0.4) is 0 Å². The third-order valence-corrected chi connectivity index (χ3v) is 4.18. The second-order valence-corrected chi connectivity index (χ2v) is 6.14. The molecule has 0 aliphatic rings. The Labute approximate surface area is 158 Å². The van der Waals surface area contributed by atoms with Gasteiger partial charge < -0.3 is 20.5 Å². The number of rotatable bonds is 9.